The predicted octanol–water partition coefficient (Wildman–Crippen LogP) is 2.02. The first-order valence-corrected chi connectivity index (χ1v) is 7.69. The van der Waals surface area contributed by atoms with Gasteiger partial charge in [-0.15, -0.1) is 0 Å². The lowest BCUT2D eigenvalue weighted by molar-refractivity contribution is 0.249. The third-order valence-electron chi connectivity index (χ3n) is 2.38. The van der Waals surface area contributed by atoms with Gasteiger partial charge in [0.1, 0.15) is 0 Å². The lowest BCUT2D eigenvalue weighted by atomic mass is 10.3. The Morgan fingerprint density at radius 3 is 2.14 bits per heavy atom. The number of hydrogen-bond acceptors (Lipinski definition) is 3. The topological polar surface area (TPSA) is 21.7 Å². The van der Waals surface area contributed by atoms with E-state index in [1.807, 2.05) is 19.0 Å². The fourth-order valence-electron chi connectivity index (χ4n) is 1.07. The summed E-state index contributed by atoms with van der Waals surface area (Å²) in [5, 5.41) is 0. The maximum Gasteiger partial charge on any atom is 0.334 e. The van der Waals surface area contributed by atoms with Crippen molar-refractivity contribution in [2.24, 2.45) is 0 Å². The summed E-state index contributed by atoms with van der Waals surface area (Å²) in [6.07, 6.45) is 1.99. The minimum absolute atomic E-state index is 0.942. The molecule has 0 aromatic heterocycles. The van der Waals surface area contributed by atoms with E-state index in [1.54, 1.807) is 14.2 Å². The third-order valence-corrected chi connectivity index (χ3v) is 5.94. The molecule has 0 saturated heterocycles. The molecule has 0 N–H and O–H groups in total. The molecule has 0 spiro atoms. The van der Waals surface area contributed by atoms with Gasteiger partial charge in [0.15, 0.2) is 0 Å². The van der Waals surface area contributed by atoms with Gasteiger partial charge in [0.05, 0.1) is 4.99 Å². The van der Waals surface area contributed by atoms with Crippen LogP contribution in [0.15, 0.2) is 0 Å². The Bertz CT molecular complexity index is 184. The standard InChI is InChI=1S/C9H21NO2SSi/c1-10(2)9(13)7-6-8-14(5,11-3)12-4/h6-8H2,1-5H3. The molecule has 84 valence electrons. The molecule has 0 aromatic carbocycles. The Morgan fingerprint density at radius 1 is 1.29 bits per heavy atom. The number of thiocarbonyl (C=S) groups is 1. The molecule has 5 heteroatoms. The van der Waals surface area contributed by atoms with Crippen molar-refractivity contribution < 1.29 is 8.85 Å². The van der Waals surface area contributed by atoms with Gasteiger partial charge in [-0.3, -0.25) is 0 Å². The summed E-state index contributed by atoms with van der Waals surface area (Å²) in [7, 11) is 5.52. The van der Waals surface area contributed by atoms with Crippen molar-refractivity contribution in [3.05, 3.63) is 0 Å². The Labute approximate surface area is 93.6 Å². The van der Waals surface area contributed by atoms with Crippen LogP contribution in [0.1, 0.15) is 12.8 Å². The summed E-state index contributed by atoms with van der Waals surface area (Å²) >= 11 is 5.20. The second kappa shape index (κ2) is 6.50. The van der Waals surface area contributed by atoms with Crippen LogP contribution in [0.2, 0.25) is 12.6 Å². The Hall–Kier alpha value is 0.0269. The van der Waals surface area contributed by atoms with E-state index < -0.39 is 8.56 Å². The molecule has 0 bridgehead atoms. The lowest BCUT2D eigenvalue weighted by Crippen LogP contribution is -2.36. The Morgan fingerprint density at radius 2 is 1.79 bits per heavy atom. The van der Waals surface area contributed by atoms with Crippen molar-refractivity contribution in [3.8, 4) is 0 Å². The van der Waals surface area contributed by atoms with Crippen molar-refractivity contribution in [3.63, 3.8) is 0 Å². The SMILES string of the molecule is CO[Si](C)(CCCC(=S)N(C)C)OC. The zero-order valence-corrected chi connectivity index (χ0v) is 11.6. The molecule has 0 fully saturated rings. The van der Waals surface area contributed by atoms with Crippen LogP contribution in [0.3, 0.4) is 0 Å². The van der Waals surface area contributed by atoms with Gasteiger partial charge in [-0.25, -0.2) is 0 Å². The minimum atomic E-state index is -1.88. The van der Waals surface area contributed by atoms with Gasteiger partial charge in [-0.2, -0.15) is 0 Å². The molecular formula is C9H21NO2SSi. The molecule has 0 amide bonds. The average Bonchev–Trinajstić information content (AvgIpc) is 2.17. The highest BCUT2D eigenvalue weighted by Crippen LogP contribution is 2.15. The monoisotopic (exact) mass is 235 g/mol. The van der Waals surface area contributed by atoms with Crippen LogP contribution in [0, 0.1) is 0 Å². The van der Waals surface area contributed by atoms with E-state index in [0.29, 0.717) is 0 Å². The van der Waals surface area contributed by atoms with Crippen molar-refractivity contribution >= 4 is 25.8 Å². The van der Waals surface area contributed by atoms with E-state index in [4.69, 9.17) is 21.1 Å². The molecule has 0 aliphatic heterocycles. The van der Waals surface area contributed by atoms with Gasteiger partial charge < -0.3 is 13.8 Å². The van der Waals surface area contributed by atoms with Crippen LogP contribution >= 0.6 is 12.2 Å². The highest BCUT2D eigenvalue weighted by Gasteiger charge is 2.27. The minimum Gasteiger partial charge on any atom is -0.398 e. The fourth-order valence-corrected chi connectivity index (χ4v) is 2.61. The summed E-state index contributed by atoms with van der Waals surface area (Å²) in [5.41, 5.74) is 0. The first kappa shape index (κ1) is 14.0. The second-order valence-electron chi connectivity index (χ2n) is 3.68. The van der Waals surface area contributed by atoms with Crippen LogP contribution in [-0.2, 0) is 8.85 Å². The van der Waals surface area contributed by atoms with Crippen molar-refractivity contribution in [2.75, 3.05) is 28.3 Å². The second-order valence-corrected chi connectivity index (χ2v) is 7.74. The van der Waals surface area contributed by atoms with Gasteiger partial charge in [0.2, 0.25) is 0 Å². The van der Waals surface area contributed by atoms with Crippen LogP contribution in [0.5, 0.6) is 0 Å². The van der Waals surface area contributed by atoms with Crippen molar-refractivity contribution in [1.29, 1.82) is 0 Å². The van der Waals surface area contributed by atoms with Gasteiger partial charge >= 0.3 is 8.56 Å². The van der Waals surface area contributed by atoms with Crippen LogP contribution in [0.4, 0.5) is 0 Å². The van der Waals surface area contributed by atoms with Gasteiger partial charge in [0.25, 0.3) is 0 Å². The predicted molar refractivity (Wildman–Crippen MR) is 66.0 cm³/mol. The molecule has 0 heterocycles. The Kier molecular flexibility index (Phi) is 6.51. The first-order valence-electron chi connectivity index (χ1n) is 4.75. The zero-order valence-electron chi connectivity index (χ0n) is 9.79. The van der Waals surface area contributed by atoms with Crippen LogP contribution in [-0.4, -0.2) is 46.8 Å². The van der Waals surface area contributed by atoms with Crippen LogP contribution in [0.25, 0.3) is 0 Å². The number of hydrogen-bond donors (Lipinski definition) is 0. The van der Waals surface area contributed by atoms with E-state index >= 15 is 0 Å². The normalized spacial score (nSPS) is 11.5. The number of nitrogens with zero attached hydrogens (tertiary/aromatic N) is 1. The molecule has 0 rings (SSSR count). The van der Waals surface area contributed by atoms with Gasteiger partial charge in [-0.05, 0) is 25.4 Å². The van der Waals surface area contributed by atoms with Crippen molar-refractivity contribution in [2.45, 2.75) is 25.4 Å². The van der Waals surface area contributed by atoms with Crippen molar-refractivity contribution in [1.82, 2.24) is 4.90 Å². The summed E-state index contributed by atoms with van der Waals surface area (Å²) in [6, 6.07) is 0.994. The molecule has 0 aliphatic carbocycles. The highest BCUT2D eigenvalue weighted by molar-refractivity contribution is 7.80. The van der Waals surface area contributed by atoms with E-state index in [2.05, 4.69) is 6.55 Å². The largest absolute Gasteiger partial charge is 0.398 e. The smallest absolute Gasteiger partial charge is 0.334 e. The lowest BCUT2D eigenvalue weighted by Gasteiger charge is -2.23. The first-order chi connectivity index (χ1) is 6.45. The highest BCUT2D eigenvalue weighted by atomic mass is 32.1. The molecule has 0 aromatic rings. The van der Waals surface area contributed by atoms with Crippen LogP contribution < -0.4 is 0 Å². The van der Waals surface area contributed by atoms with Gasteiger partial charge in [-0.1, -0.05) is 12.2 Å². The zero-order chi connectivity index (χ0) is 11.2. The number of rotatable bonds is 6. The molecule has 0 saturated carbocycles. The molecular weight excluding hydrogens is 214 g/mol. The Balaban J connectivity index is 3.78. The van der Waals surface area contributed by atoms with E-state index in [0.717, 1.165) is 23.9 Å². The third kappa shape index (κ3) is 5.04. The van der Waals surface area contributed by atoms with E-state index in [-0.39, 0.29) is 0 Å². The van der Waals surface area contributed by atoms with E-state index in [9.17, 15) is 0 Å². The molecule has 14 heavy (non-hydrogen) atoms. The molecule has 3 nitrogen and oxygen atoms in total. The molecule has 0 aliphatic rings. The summed E-state index contributed by atoms with van der Waals surface area (Å²) < 4.78 is 10.8. The molecule has 0 unspecified atom stereocenters. The molecule has 0 atom stereocenters. The average molecular weight is 235 g/mol. The van der Waals surface area contributed by atoms with E-state index in [1.165, 1.54) is 0 Å². The molecule has 0 radical (unpaired) electrons. The van der Waals surface area contributed by atoms with Gasteiger partial charge in [0, 0.05) is 28.3 Å². The fraction of sp³-hybridized carbons (Fsp3) is 0.889. The maximum atomic E-state index is 5.39. The summed E-state index contributed by atoms with van der Waals surface area (Å²) in [6.45, 7) is 2.08. The maximum absolute atomic E-state index is 5.39. The quantitative estimate of drug-likeness (QED) is 0.519. The summed E-state index contributed by atoms with van der Waals surface area (Å²) in [4.78, 5) is 2.97. The summed E-state index contributed by atoms with van der Waals surface area (Å²) in [5.74, 6) is 0.